The molecule has 2 heterocycles. The lowest BCUT2D eigenvalue weighted by atomic mass is 10.1. The van der Waals surface area contributed by atoms with Gasteiger partial charge < -0.3 is 15.1 Å². The van der Waals surface area contributed by atoms with Crippen LogP contribution in [0.4, 0.5) is 5.69 Å². The Labute approximate surface area is 153 Å². The van der Waals surface area contributed by atoms with E-state index in [0.29, 0.717) is 17.4 Å². The zero-order valence-corrected chi connectivity index (χ0v) is 15.3. The van der Waals surface area contributed by atoms with Gasteiger partial charge in [-0.05, 0) is 24.6 Å². The highest BCUT2D eigenvalue weighted by atomic mass is 35.5. The van der Waals surface area contributed by atoms with E-state index in [4.69, 9.17) is 11.6 Å². The molecule has 1 aromatic heterocycles. The third-order valence-electron chi connectivity index (χ3n) is 4.81. The van der Waals surface area contributed by atoms with E-state index < -0.39 is 0 Å². The minimum absolute atomic E-state index is 0.00717. The molecule has 1 saturated heterocycles. The standard InChI is InChI=1S/C19H23ClN4O/c1-15-5-2-3-6-16(15)13-23-9-11-24(12-10-23)14-18(25)22-17-7-4-8-21-19(17)20/h2-8H,9-14H2,1H3,(H,22,25)/p+2. The van der Waals surface area contributed by atoms with Crippen LogP contribution in [0.25, 0.3) is 0 Å². The molecule has 1 amide bonds. The molecule has 0 saturated carbocycles. The van der Waals surface area contributed by atoms with Gasteiger partial charge >= 0.3 is 0 Å². The van der Waals surface area contributed by atoms with E-state index in [-0.39, 0.29) is 5.91 Å². The van der Waals surface area contributed by atoms with Gasteiger partial charge in [0.1, 0.15) is 32.7 Å². The maximum atomic E-state index is 12.2. The number of nitrogens with one attached hydrogen (secondary N) is 3. The summed E-state index contributed by atoms with van der Waals surface area (Å²) in [5, 5.41) is 3.19. The van der Waals surface area contributed by atoms with E-state index in [1.54, 1.807) is 23.2 Å². The summed E-state index contributed by atoms with van der Waals surface area (Å²) in [6, 6.07) is 12.1. The number of pyridine rings is 1. The predicted octanol–water partition coefficient (Wildman–Crippen LogP) is -0.0345. The van der Waals surface area contributed by atoms with Gasteiger partial charge in [-0.3, -0.25) is 4.79 Å². The second kappa shape index (κ2) is 8.43. The van der Waals surface area contributed by atoms with Crippen LogP contribution in [0.5, 0.6) is 0 Å². The number of piperazine rings is 1. The van der Waals surface area contributed by atoms with Gasteiger partial charge in [-0.25, -0.2) is 4.98 Å². The maximum Gasteiger partial charge on any atom is 0.279 e. The van der Waals surface area contributed by atoms with Crippen molar-refractivity contribution < 1.29 is 14.6 Å². The maximum absolute atomic E-state index is 12.2. The van der Waals surface area contributed by atoms with Crippen molar-refractivity contribution in [2.45, 2.75) is 13.5 Å². The Hall–Kier alpha value is -1.95. The SMILES string of the molecule is Cc1ccccc1C[NH+]1CC[NH+](CC(=O)Nc2cccnc2Cl)CC1. The van der Waals surface area contributed by atoms with Crippen molar-refractivity contribution >= 4 is 23.2 Å². The van der Waals surface area contributed by atoms with Gasteiger partial charge in [-0.1, -0.05) is 35.9 Å². The molecule has 1 aliphatic heterocycles. The Morgan fingerprint density at radius 1 is 1.12 bits per heavy atom. The molecule has 0 atom stereocenters. The summed E-state index contributed by atoms with van der Waals surface area (Å²) >= 11 is 5.98. The van der Waals surface area contributed by atoms with Gasteiger partial charge in [0.05, 0.1) is 5.69 Å². The minimum Gasteiger partial charge on any atom is -0.322 e. The third-order valence-corrected chi connectivity index (χ3v) is 5.11. The molecule has 0 unspecified atom stereocenters. The molecule has 1 fully saturated rings. The number of nitrogens with zero attached hydrogens (tertiary/aromatic N) is 1. The van der Waals surface area contributed by atoms with Crippen LogP contribution in [-0.4, -0.2) is 43.6 Å². The summed E-state index contributed by atoms with van der Waals surface area (Å²) in [4.78, 5) is 19.1. The smallest absolute Gasteiger partial charge is 0.279 e. The zero-order valence-electron chi connectivity index (χ0n) is 14.5. The number of carbonyl (C=O) groups is 1. The lowest BCUT2D eigenvalue weighted by Crippen LogP contribution is -3.28. The van der Waals surface area contributed by atoms with Crippen LogP contribution in [0, 0.1) is 6.92 Å². The average Bonchev–Trinajstić information content (AvgIpc) is 2.61. The third kappa shape index (κ3) is 5.01. The number of amides is 1. The van der Waals surface area contributed by atoms with Crippen LogP contribution < -0.4 is 15.1 Å². The fraction of sp³-hybridized carbons (Fsp3) is 0.368. The summed E-state index contributed by atoms with van der Waals surface area (Å²) in [6.45, 7) is 7.91. The number of aromatic nitrogens is 1. The number of anilines is 1. The number of hydrogen-bond acceptors (Lipinski definition) is 2. The van der Waals surface area contributed by atoms with Crippen LogP contribution in [0.15, 0.2) is 42.6 Å². The number of rotatable bonds is 5. The van der Waals surface area contributed by atoms with Crippen LogP contribution in [0.1, 0.15) is 11.1 Å². The summed E-state index contributed by atoms with van der Waals surface area (Å²) in [5.41, 5.74) is 3.36. The number of carbonyl (C=O) groups excluding carboxylic acids is 1. The van der Waals surface area contributed by atoms with Crippen molar-refractivity contribution in [1.82, 2.24) is 4.98 Å². The first kappa shape index (κ1) is 17.9. The molecule has 6 heteroatoms. The van der Waals surface area contributed by atoms with Crippen LogP contribution in [0.3, 0.4) is 0 Å². The molecule has 1 aromatic carbocycles. The van der Waals surface area contributed by atoms with Crippen molar-refractivity contribution in [2.75, 3.05) is 38.0 Å². The Morgan fingerprint density at radius 3 is 2.56 bits per heavy atom. The normalized spacial score (nSPS) is 20.2. The molecule has 1 aliphatic rings. The fourth-order valence-electron chi connectivity index (χ4n) is 3.29. The molecule has 0 aliphatic carbocycles. The van der Waals surface area contributed by atoms with Crippen molar-refractivity contribution in [3.05, 3.63) is 58.9 Å². The molecular formula is C19H25ClN4O+2. The lowest BCUT2D eigenvalue weighted by Gasteiger charge is -2.29. The van der Waals surface area contributed by atoms with Crippen molar-refractivity contribution in [1.29, 1.82) is 0 Å². The summed E-state index contributed by atoms with van der Waals surface area (Å²) < 4.78 is 0. The number of quaternary nitrogens is 2. The molecule has 132 valence electrons. The van der Waals surface area contributed by atoms with Crippen molar-refractivity contribution in [2.24, 2.45) is 0 Å². The van der Waals surface area contributed by atoms with Crippen molar-refractivity contribution in [3.8, 4) is 0 Å². The summed E-state index contributed by atoms with van der Waals surface area (Å²) in [6.07, 6.45) is 1.61. The summed E-state index contributed by atoms with van der Waals surface area (Å²) in [7, 11) is 0. The molecule has 0 bridgehead atoms. The van der Waals surface area contributed by atoms with E-state index >= 15 is 0 Å². The topological polar surface area (TPSA) is 50.9 Å². The van der Waals surface area contributed by atoms with E-state index in [1.807, 2.05) is 0 Å². The molecule has 0 radical (unpaired) electrons. The number of halogens is 1. The van der Waals surface area contributed by atoms with Gasteiger partial charge in [0.25, 0.3) is 5.91 Å². The monoisotopic (exact) mass is 360 g/mol. The quantitative estimate of drug-likeness (QED) is 0.656. The van der Waals surface area contributed by atoms with Gasteiger partial charge in [-0.2, -0.15) is 0 Å². The van der Waals surface area contributed by atoms with Crippen LogP contribution >= 0.6 is 11.6 Å². The minimum atomic E-state index is -0.00717. The molecule has 25 heavy (non-hydrogen) atoms. The molecule has 0 spiro atoms. The van der Waals surface area contributed by atoms with E-state index in [1.165, 1.54) is 16.0 Å². The number of hydrogen-bond donors (Lipinski definition) is 3. The van der Waals surface area contributed by atoms with Gasteiger partial charge in [0.2, 0.25) is 0 Å². The molecule has 5 nitrogen and oxygen atoms in total. The van der Waals surface area contributed by atoms with Gasteiger partial charge in [0, 0.05) is 11.8 Å². The molecule has 3 N–H and O–H groups in total. The molecule has 2 aromatic rings. The van der Waals surface area contributed by atoms with E-state index in [9.17, 15) is 4.79 Å². The fourth-order valence-corrected chi connectivity index (χ4v) is 3.46. The van der Waals surface area contributed by atoms with Crippen molar-refractivity contribution in [3.63, 3.8) is 0 Å². The molecule has 3 rings (SSSR count). The van der Waals surface area contributed by atoms with E-state index in [2.05, 4.69) is 41.5 Å². The molecular weight excluding hydrogens is 336 g/mol. The highest BCUT2D eigenvalue weighted by molar-refractivity contribution is 6.32. The Kier molecular flexibility index (Phi) is 6.02. The Morgan fingerprint density at radius 2 is 1.84 bits per heavy atom. The summed E-state index contributed by atoms with van der Waals surface area (Å²) in [5.74, 6) is -0.00717. The number of benzene rings is 1. The lowest BCUT2D eigenvalue weighted by molar-refractivity contribution is -1.02. The van der Waals surface area contributed by atoms with Crippen LogP contribution in [0.2, 0.25) is 5.15 Å². The Balaban J connectivity index is 1.45. The van der Waals surface area contributed by atoms with Crippen LogP contribution in [-0.2, 0) is 11.3 Å². The second-order valence-corrected chi connectivity index (χ2v) is 7.03. The second-order valence-electron chi connectivity index (χ2n) is 6.67. The van der Waals surface area contributed by atoms with Gasteiger partial charge in [-0.15, -0.1) is 0 Å². The Bertz CT molecular complexity index is 729. The first-order valence-electron chi connectivity index (χ1n) is 8.74. The largest absolute Gasteiger partial charge is 0.322 e. The first-order chi connectivity index (χ1) is 12.1. The highest BCUT2D eigenvalue weighted by Crippen LogP contribution is 2.16. The highest BCUT2D eigenvalue weighted by Gasteiger charge is 2.25. The first-order valence-corrected chi connectivity index (χ1v) is 9.11. The zero-order chi connectivity index (χ0) is 17.6. The number of aryl methyl sites for hydroxylation is 1. The predicted molar refractivity (Wildman–Crippen MR) is 99.0 cm³/mol. The van der Waals surface area contributed by atoms with Gasteiger partial charge in [0.15, 0.2) is 11.7 Å². The average molecular weight is 361 g/mol. The van der Waals surface area contributed by atoms with E-state index in [0.717, 1.165) is 32.7 Å².